The van der Waals surface area contributed by atoms with E-state index in [9.17, 15) is 43.5 Å². The Morgan fingerprint density at radius 1 is 0.387 bits per heavy atom. The van der Waals surface area contributed by atoms with Crippen LogP contribution in [0.4, 0.5) is 0 Å². The third kappa shape index (κ3) is 53.3. The van der Waals surface area contributed by atoms with Crippen LogP contribution in [0.15, 0.2) is 48.6 Å². The Hall–Kier alpha value is -2.49. The summed E-state index contributed by atoms with van der Waals surface area (Å²) >= 11 is 0. The van der Waals surface area contributed by atoms with Crippen molar-refractivity contribution in [2.75, 3.05) is 39.6 Å². The van der Waals surface area contributed by atoms with E-state index in [2.05, 4.69) is 69.4 Å². The van der Waals surface area contributed by atoms with Crippen molar-refractivity contribution in [2.45, 2.75) is 257 Å². The Labute approximate surface area is 453 Å². The minimum absolute atomic E-state index is 0.111. The Bertz CT molecular complexity index is 1590. The normalized spacial score (nSPS) is 14.9. The van der Waals surface area contributed by atoms with Crippen LogP contribution in [0.3, 0.4) is 0 Å². The van der Waals surface area contributed by atoms with Gasteiger partial charge in [0.2, 0.25) is 0 Å². The lowest BCUT2D eigenvalue weighted by Crippen LogP contribution is -2.30. The lowest BCUT2D eigenvalue weighted by molar-refractivity contribution is -0.161. The van der Waals surface area contributed by atoms with E-state index < -0.39 is 91.5 Å². The first kappa shape index (κ1) is 72.5. The van der Waals surface area contributed by atoms with Gasteiger partial charge in [-0.25, -0.2) is 9.13 Å². The second-order valence-electron chi connectivity index (χ2n) is 19.4. The molecule has 0 saturated carbocycles. The van der Waals surface area contributed by atoms with Gasteiger partial charge in [0.1, 0.15) is 25.4 Å². The molecule has 0 aromatic heterocycles. The van der Waals surface area contributed by atoms with Gasteiger partial charge in [-0.3, -0.25) is 32.5 Å². The second kappa shape index (κ2) is 52.2. The van der Waals surface area contributed by atoms with Crippen LogP contribution in [0.2, 0.25) is 0 Å². The number of rotatable bonds is 55. The molecule has 0 amide bonds. The zero-order valence-electron chi connectivity index (χ0n) is 46.7. The van der Waals surface area contributed by atoms with E-state index >= 15 is 0 Å². The van der Waals surface area contributed by atoms with Crippen molar-refractivity contribution in [3.05, 3.63) is 48.6 Å². The Morgan fingerprint density at radius 3 is 1.12 bits per heavy atom. The molecule has 16 nitrogen and oxygen atoms in total. The molecular weight excluding hydrogens is 1000 g/mol. The molecule has 0 bridgehead atoms. The molecule has 0 radical (unpaired) electrons. The van der Waals surface area contributed by atoms with Crippen LogP contribution < -0.4 is 0 Å². The number of hydrogen-bond acceptors (Lipinski definition) is 14. The van der Waals surface area contributed by atoms with Crippen molar-refractivity contribution < 1.29 is 75.8 Å². The maximum Gasteiger partial charge on any atom is 0.472 e. The molecule has 0 fully saturated rings. The molecule has 75 heavy (non-hydrogen) atoms. The largest absolute Gasteiger partial charge is 0.472 e. The molecule has 438 valence electrons. The highest BCUT2D eigenvalue weighted by atomic mass is 31.2. The summed E-state index contributed by atoms with van der Waals surface area (Å²) in [4.78, 5) is 57.9. The van der Waals surface area contributed by atoms with Gasteiger partial charge < -0.3 is 34.2 Å². The molecule has 5 atom stereocenters. The number of hydrogen-bond donors (Lipinski definition) is 4. The topological polar surface area (TPSA) is 231 Å². The summed E-state index contributed by atoms with van der Waals surface area (Å²) in [6.45, 7) is 2.49. The van der Waals surface area contributed by atoms with E-state index in [-0.39, 0.29) is 19.3 Å². The van der Waals surface area contributed by atoms with Crippen LogP contribution in [0.5, 0.6) is 0 Å². The SMILES string of the molecule is CC/C=C\C/C=C\C/C=C\C/C=C\CCCCCCC(=O)OCC(O)COP(=O)(O)OCC(O)COP(=O)(O)OCC(COC(=O)CCCCCCCCCCCCC)OC(=O)CCCCCCCCCCCCC. The number of carbonyl (C=O) groups is 3. The van der Waals surface area contributed by atoms with Crippen LogP contribution in [0, 0.1) is 0 Å². The predicted molar refractivity (Wildman–Crippen MR) is 298 cm³/mol. The molecule has 0 rings (SSSR count). The fraction of sp³-hybridized carbons (Fsp3) is 0.807. The summed E-state index contributed by atoms with van der Waals surface area (Å²) in [6.07, 6.45) is 46.2. The lowest BCUT2D eigenvalue weighted by atomic mass is 10.1. The number of phosphoric acid groups is 2. The molecule has 0 aliphatic rings. The van der Waals surface area contributed by atoms with Crippen LogP contribution in [-0.2, 0) is 55.8 Å². The summed E-state index contributed by atoms with van der Waals surface area (Å²) < 4.78 is 60.4. The number of aliphatic hydroxyl groups excluding tert-OH is 2. The third-order valence-corrected chi connectivity index (χ3v) is 14.0. The van der Waals surface area contributed by atoms with Gasteiger partial charge in [0.25, 0.3) is 0 Å². The van der Waals surface area contributed by atoms with Gasteiger partial charge in [0.05, 0.1) is 26.4 Å². The fourth-order valence-electron chi connectivity index (χ4n) is 7.62. The molecule has 5 unspecified atom stereocenters. The van der Waals surface area contributed by atoms with Gasteiger partial charge in [0, 0.05) is 19.3 Å². The summed E-state index contributed by atoms with van der Waals surface area (Å²) in [6, 6.07) is 0. The van der Waals surface area contributed by atoms with E-state index in [1.165, 1.54) is 83.5 Å². The molecule has 0 heterocycles. The molecule has 0 aromatic rings. The molecule has 0 saturated heterocycles. The smallest absolute Gasteiger partial charge is 0.463 e. The van der Waals surface area contributed by atoms with Crippen LogP contribution >= 0.6 is 15.6 Å². The van der Waals surface area contributed by atoms with Crippen molar-refractivity contribution in [1.29, 1.82) is 0 Å². The highest BCUT2D eigenvalue weighted by Crippen LogP contribution is 2.45. The maximum atomic E-state index is 12.8. The summed E-state index contributed by atoms with van der Waals surface area (Å²) in [5.74, 6) is -1.59. The summed E-state index contributed by atoms with van der Waals surface area (Å²) in [5, 5.41) is 20.4. The van der Waals surface area contributed by atoms with E-state index in [1.807, 2.05) is 0 Å². The minimum Gasteiger partial charge on any atom is -0.463 e. The quantitative estimate of drug-likeness (QED) is 0.0146. The van der Waals surface area contributed by atoms with Crippen LogP contribution in [0.25, 0.3) is 0 Å². The zero-order chi connectivity index (χ0) is 55.4. The number of phosphoric ester groups is 2. The number of unbranched alkanes of at least 4 members (excludes halogenated alkanes) is 24. The average Bonchev–Trinajstić information content (AvgIpc) is 3.38. The van der Waals surface area contributed by atoms with Gasteiger partial charge in [-0.15, -0.1) is 0 Å². The summed E-state index contributed by atoms with van der Waals surface area (Å²) in [7, 11) is -9.74. The van der Waals surface area contributed by atoms with Crippen molar-refractivity contribution >= 4 is 33.6 Å². The standard InChI is InChI=1S/C57H104O16P2/c1-4-7-10-13-16-19-22-23-24-25-26-27-30-32-34-37-40-43-55(60)67-46-52(58)47-69-74(63,64)70-48-53(59)49-71-75(65,66)72-51-54(73-57(62)45-42-39-36-33-29-21-18-15-12-9-6-3)50-68-56(61)44-41-38-35-31-28-20-17-14-11-8-5-2/h7,10,16,19,23-24,26-27,52-54,58-59H,4-6,8-9,11-15,17-18,20-22,25,28-51H2,1-3H3,(H,63,64)(H,65,66)/b10-7-,19-16-,24-23-,27-26-. The predicted octanol–water partition coefficient (Wildman–Crippen LogP) is 14.5. The molecular formula is C57H104O16P2. The van der Waals surface area contributed by atoms with Crippen LogP contribution in [0.1, 0.15) is 239 Å². The Balaban J connectivity index is 4.61. The monoisotopic (exact) mass is 1110 g/mol. The number of esters is 3. The van der Waals surface area contributed by atoms with Crippen molar-refractivity contribution in [3.63, 3.8) is 0 Å². The van der Waals surface area contributed by atoms with Gasteiger partial charge in [0.15, 0.2) is 6.10 Å². The van der Waals surface area contributed by atoms with Crippen molar-refractivity contribution in [2.24, 2.45) is 0 Å². The van der Waals surface area contributed by atoms with Gasteiger partial charge in [-0.05, 0) is 57.8 Å². The molecule has 0 aliphatic carbocycles. The lowest BCUT2D eigenvalue weighted by Gasteiger charge is -2.21. The highest BCUT2D eigenvalue weighted by Gasteiger charge is 2.29. The molecule has 4 N–H and O–H groups in total. The van der Waals surface area contributed by atoms with Gasteiger partial charge >= 0.3 is 33.6 Å². The van der Waals surface area contributed by atoms with Gasteiger partial charge in [-0.1, -0.05) is 211 Å². The molecule has 0 aliphatic heterocycles. The molecule has 0 spiro atoms. The van der Waals surface area contributed by atoms with E-state index in [0.717, 1.165) is 96.3 Å². The van der Waals surface area contributed by atoms with Crippen molar-refractivity contribution in [1.82, 2.24) is 0 Å². The van der Waals surface area contributed by atoms with Crippen LogP contribution in [-0.4, -0.2) is 95.9 Å². The third-order valence-electron chi connectivity index (χ3n) is 12.1. The Morgan fingerprint density at radius 2 is 0.707 bits per heavy atom. The fourth-order valence-corrected chi connectivity index (χ4v) is 9.20. The molecule has 0 aromatic carbocycles. The van der Waals surface area contributed by atoms with Gasteiger partial charge in [-0.2, -0.15) is 0 Å². The number of ether oxygens (including phenoxy) is 3. The number of allylic oxidation sites excluding steroid dienone is 8. The van der Waals surface area contributed by atoms with E-state index in [1.54, 1.807) is 0 Å². The average molecular weight is 1110 g/mol. The number of carbonyl (C=O) groups excluding carboxylic acids is 3. The summed E-state index contributed by atoms with van der Waals surface area (Å²) in [5.41, 5.74) is 0. The van der Waals surface area contributed by atoms with Crippen molar-refractivity contribution in [3.8, 4) is 0 Å². The Kier molecular flexibility index (Phi) is 50.5. The first-order valence-corrected chi connectivity index (χ1v) is 31.9. The first-order valence-electron chi connectivity index (χ1n) is 28.9. The zero-order valence-corrected chi connectivity index (χ0v) is 48.5. The number of aliphatic hydroxyl groups is 2. The second-order valence-corrected chi connectivity index (χ2v) is 22.3. The minimum atomic E-state index is -4.90. The maximum absolute atomic E-state index is 12.8. The molecule has 18 heteroatoms. The highest BCUT2D eigenvalue weighted by molar-refractivity contribution is 7.47. The van der Waals surface area contributed by atoms with E-state index in [4.69, 9.17) is 32.3 Å². The first-order chi connectivity index (χ1) is 36.2. The van der Waals surface area contributed by atoms with E-state index in [0.29, 0.717) is 19.3 Å².